The average Bonchev–Trinajstić information content (AvgIpc) is 2.71. The standard InChI is InChI=1S/C24H18N2O2/c1-15-13-14-16-19(25-15)9-6-10-20(16)26-24(27)23-17-7-2-4-11-21(17)28-22-12-5-3-8-18(22)23/h2-14,23H,1H3,(H,26,27). The topological polar surface area (TPSA) is 51.2 Å². The van der Waals surface area contributed by atoms with Crippen molar-refractivity contribution in [2.45, 2.75) is 12.8 Å². The van der Waals surface area contributed by atoms with Crippen LogP contribution in [0.4, 0.5) is 5.69 Å². The number of nitrogens with one attached hydrogen (secondary N) is 1. The number of hydrogen-bond donors (Lipinski definition) is 1. The Balaban J connectivity index is 1.58. The lowest BCUT2D eigenvalue weighted by atomic mass is 9.87. The maximum absolute atomic E-state index is 13.4. The summed E-state index contributed by atoms with van der Waals surface area (Å²) in [5.74, 6) is 0.916. The highest BCUT2D eigenvalue weighted by molar-refractivity contribution is 6.05. The Morgan fingerprint density at radius 1 is 0.857 bits per heavy atom. The lowest BCUT2D eigenvalue weighted by molar-refractivity contribution is -0.116. The Morgan fingerprint density at radius 3 is 2.25 bits per heavy atom. The lowest BCUT2D eigenvalue weighted by Crippen LogP contribution is -2.25. The molecule has 5 rings (SSSR count). The van der Waals surface area contributed by atoms with Gasteiger partial charge in [-0.05, 0) is 43.3 Å². The third-order valence-electron chi connectivity index (χ3n) is 5.07. The molecule has 3 aromatic carbocycles. The van der Waals surface area contributed by atoms with Crippen LogP contribution in [0, 0.1) is 6.92 Å². The van der Waals surface area contributed by atoms with Crippen molar-refractivity contribution in [2.24, 2.45) is 0 Å². The Bertz CT molecular complexity index is 1170. The van der Waals surface area contributed by atoms with Crippen molar-refractivity contribution in [3.05, 3.63) is 95.7 Å². The second-order valence-corrected chi connectivity index (χ2v) is 6.92. The van der Waals surface area contributed by atoms with Crippen LogP contribution in [-0.4, -0.2) is 10.9 Å². The minimum Gasteiger partial charge on any atom is -0.457 e. The molecule has 136 valence electrons. The molecule has 2 heterocycles. The number of aryl methyl sites for hydroxylation is 1. The van der Waals surface area contributed by atoms with Gasteiger partial charge in [-0.15, -0.1) is 0 Å². The number of fused-ring (bicyclic) bond motifs is 3. The van der Waals surface area contributed by atoms with E-state index in [1.54, 1.807) is 0 Å². The second-order valence-electron chi connectivity index (χ2n) is 6.92. The van der Waals surface area contributed by atoms with Gasteiger partial charge in [-0.1, -0.05) is 42.5 Å². The van der Waals surface area contributed by atoms with Crippen LogP contribution in [0.3, 0.4) is 0 Å². The first-order chi connectivity index (χ1) is 13.7. The first kappa shape index (κ1) is 16.5. The van der Waals surface area contributed by atoms with E-state index < -0.39 is 5.92 Å². The van der Waals surface area contributed by atoms with Crippen molar-refractivity contribution in [1.29, 1.82) is 0 Å². The molecule has 1 aliphatic heterocycles. The summed E-state index contributed by atoms with van der Waals surface area (Å²) in [5.41, 5.74) is 4.31. The van der Waals surface area contributed by atoms with E-state index in [1.807, 2.05) is 85.8 Å². The van der Waals surface area contributed by atoms with E-state index in [4.69, 9.17) is 4.74 Å². The van der Waals surface area contributed by atoms with Crippen molar-refractivity contribution in [3.8, 4) is 11.5 Å². The number of aromatic nitrogens is 1. The number of para-hydroxylation sites is 2. The van der Waals surface area contributed by atoms with Gasteiger partial charge in [-0.3, -0.25) is 9.78 Å². The van der Waals surface area contributed by atoms with Gasteiger partial charge >= 0.3 is 0 Å². The molecule has 1 N–H and O–H groups in total. The molecule has 28 heavy (non-hydrogen) atoms. The number of nitrogens with zero attached hydrogens (tertiary/aromatic N) is 1. The highest BCUT2D eigenvalue weighted by Gasteiger charge is 2.32. The van der Waals surface area contributed by atoms with Gasteiger partial charge in [0.2, 0.25) is 5.91 Å². The molecule has 0 saturated heterocycles. The van der Waals surface area contributed by atoms with E-state index in [2.05, 4.69) is 10.3 Å². The highest BCUT2D eigenvalue weighted by Crippen LogP contribution is 2.44. The third-order valence-corrected chi connectivity index (χ3v) is 5.07. The van der Waals surface area contributed by atoms with Gasteiger partial charge in [0.1, 0.15) is 11.5 Å². The van der Waals surface area contributed by atoms with Crippen LogP contribution in [0.25, 0.3) is 10.9 Å². The van der Waals surface area contributed by atoms with Crippen molar-refractivity contribution in [1.82, 2.24) is 4.98 Å². The lowest BCUT2D eigenvalue weighted by Gasteiger charge is -2.27. The number of carbonyl (C=O) groups excluding carboxylic acids is 1. The molecular weight excluding hydrogens is 348 g/mol. The van der Waals surface area contributed by atoms with Crippen LogP contribution in [0.5, 0.6) is 11.5 Å². The molecule has 0 fully saturated rings. The minimum atomic E-state index is -0.435. The van der Waals surface area contributed by atoms with Crippen LogP contribution >= 0.6 is 0 Å². The number of anilines is 1. The molecule has 4 aromatic rings. The maximum Gasteiger partial charge on any atom is 0.236 e. The molecule has 0 spiro atoms. The predicted octanol–water partition coefficient (Wildman–Crippen LogP) is 5.42. The fourth-order valence-electron chi connectivity index (χ4n) is 3.76. The zero-order chi connectivity index (χ0) is 19.1. The average molecular weight is 366 g/mol. The van der Waals surface area contributed by atoms with Gasteiger partial charge in [0.25, 0.3) is 0 Å². The Hall–Kier alpha value is -3.66. The molecule has 4 heteroatoms. The smallest absolute Gasteiger partial charge is 0.236 e. The SMILES string of the molecule is Cc1ccc2c(NC(=O)C3c4ccccc4Oc4ccccc43)cccc2n1. The zero-order valence-corrected chi connectivity index (χ0v) is 15.3. The fourth-order valence-corrected chi connectivity index (χ4v) is 3.76. The number of carbonyl (C=O) groups is 1. The minimum absolute atomic E-state index is 0.0868. The van der Waals surface area contributed by atoms with E-state index in [9.17, 15) is 4.79 Å². The molecule has 0 saturated carbocycles. The van der Waals surface area contributed by atoms with E-state index in [1.165, 1.54) is 0 Å². The van der Waals surface area contributed by atoms with Crippen molar-refractivity contribution < 1.29 is 9.53 Å². The number of amides is 1. The zero-order valence-electron chi connectivity index (χ0n) is 15.3. The molecule has 0 atom stereocenters. The Morgan fingerprint density at radius 2 is 1.54 bits per heavy atom. The quantitative estimate of drug-likeness (QED) is 0.515. The summed E-state index contributed by atoms with van der Waals surface area (Å²) >= 11 is 0. The molecule has 0 unspecified atom stereocenters. The number of hydrogen-bond acceptors (Lipinski definition) is 3. The summed E-state index contributed by atoms with van der Waals surface area (Å²) < 4.78 is 6.00. The number of rotatable bonds is 2. The second kappa shape index (κ2) is 6.50. The summed E-state index contributed by atoms with van der Waals surface area (Å²) in [6.07, 6.45) is 0. The summed E-state index contributed by atoms with van der Waals surface area (Å²) in [6, 6.07) is 25.1. The fraction of sp³-hybridized carbons (Fsp3) is 0.0833. The normalized spacial score (nSPS) is 12.8. The summed E-state index contributed by atoms with van der Waals surface area (Å²) in [5, 5.41) is 4.05. The number of ether oxygens (including phenoxy) is 1. The number of benzene rings is 3. The van der Waals surface area contributed by atoms with Gasteiger partial charge in [0.15, 0.2) is 0 Å². The molecule has 1 amide bonds. The monoisotopic (exact) mass is 366 g/mol. The molecule has 0 aliphatic carbocycles. The molecule has 0 radical (unpaired) electrons. The van der Waals surface area contributed by atoms with Gasteiger partial charge in [-0.25, -0.2) is 0 Å². The van der Waals surface area contributed by atoms with Gasteiger partial charge in [0, 0.05) is 22.2 Å². The number of pyridine rings is 1. The van der Waals surface area contributed by atoms with E-state index in [0.717, 1.165) is 44.9 Å². The first-order valence-corrected chi connectivity index (χ1v) is 9.24. The summed E-state index contributed by atoms with van der Waals surface area (Å²) in [6.45, 7) is 1.96. The molecule has 4 nitrogen and oxygen atoms in total. The van der Waals surface area contributed by atoms with Crippen LogP contribution < -0.4 is 10.1 Å². The predicted molar refractivity (Wildman–Crippen MR) is 110 cm³/mol. The highest BCUT2D eigenvalue weighted by atomic mass is 16.5. The van der Waals surface area contributed by atoms with Gasteiger partial charge in [-0.2, -0.15) is 0 Å². The third kappa shape index (κ3) is 2.70. The molecule has 1 aromatic heterocycles. The van der Waals surface area contributed by atoms with Gasteiger partial charge in [0.05, 0.1) is 17.1 Å². The molecule has 1 aliphatic rings. The van der Waals surface area contributed by atoms with Crippen LogP contribution in [0.2, 0.25) is 0 Å². The maximum atomic E-state index is 13.4. The van der Waals surface area contributed by atoms with E-state index >= 15 is 0 Å². The largest absolute Gasteiger partial charge is 0.457 e. The summed E-state index contributed by atoms with van der Waals surface area (Å²) in [7, 11) is 0. The van der Waals surface area contributed by atoms with Crippen molar-refractivity contribution >= 4 is 22.5 Å². The van der Waals surface area contributed by atoms with E-state index in [-0.39, 0.29) is 5.91 Å². The van der Waals surface area contributed by atoms with Crippen LogP contribution in [0.1, 0.15) is 22.7 Å². The van der Waals surface area contributed by atoms with Crippen molar-refractivity contribution in [2.75, 3.05) is 5.32 Å². The van der Waals surface area contributed by atoms with Gasteiger partial charge < -0.3 is 10.1 Å². The van der Waals surface area contributed by atoms with Crippen LogP contribution in [-0.2, 0) is 4.79 Å². The van der Waals surface area contributed by atoms with E-state index in [0.29, 0.717) is 0 Å². The Kier molecular flexibility index (Phi) is 3.83. The van der Waals surface area contributed by atoms with Crippen LogP contribution in [0.15, 0.2) is 78.9 Å². The molecular formula is C24H18N2O2. The Labute approximate surface area is 162 Å². The summed E-state index contributed by atoms with van der Waals surface area (Å²) in [4.78, 5) is 18.0. The molecule has 0 bridgehead atoms. The van der Waals surface area contributed by atoms with Crippen molar-refractivity contribution in [3.63, 3.8) is 0 Å². The first-order valence-electron chi connectivity index (χ1n) is 9.24.